The lowest BCUT2D eigenvalue weighted by Crippen LogP contribution is -2.29. The Morgan fingerprint density at radius 3 is 2.83 bits per heavy atom. The number of fused-ring (bicyclic) bond motifs is 2. The molecule has 1 aromatic carbocycles. The number of nitrogens with two attached hydrogens (primary N) is 1. The summed E-state index contributed by atoms with van der Waals surface area (Å²) in [6.45, 7) is 5.87. The van der Waals surface area contributed by atoms with Crippen molar-refractivity contribution < 1.29 is 24.2 Å². The molecule has 0 saturated heterocycles. The number of carboxylic acids is 1. The molecule has 11 heteroatoms. The molecule has 2 heterocycles. The first kappa shape index (κ1) is 25.1. The van der Waals surface area contributed by atoms with Gasteiger partial charge in [0.25, 0.3) is 11.7 Å². The number of terminal acetylenes is 1. The Morgan fingerprint density at radius 2 is 2.17 bits per heavy atom. The molecule has 4 rings (SSSR count). The summed E-state index contributed by atoms with van der Waals surface area (Å²) in [5.41, 5.74) is 7.72. The number of hydrogen-bond acceptors (Lipinski definition) is 8. The van der Waals surface area contributed by atoms with E-state index in [2.05, 4.69) is 39.3 Å². The van der Waals surface area contributed by atoms with Crippen LogP contribution >= 0.6 is 0 Å². The Kier molecular flexibility index (Phi) is 7.91. The smallest absolute Gasteiger partial charge is 0.354 e. The number of aromatic nitrogens is 4. The predicted octanol–water partition coefficient (Wildman–Crippen LogP) is 1.47. The second-order valence-corrected chi connectivity index (χ2v) is 7.47. The van der Waals surface area contributed by atoms with Crippen molar-refractivity contribution in [1.82, 2.24) is 24.9 Å². The molecule has 0 aliphatic heterocycles. The van der Waals surface area contributed by atoms with Gasteiger partial charge in [-0.3, -0.25) is 4.79 Å². The highest BCUT2D eigenvalue weighted by molar-refractivity contribution is 5.96. The molecule has 2 aromatic heterocycles. The molecule has 0 bridgehead atoms. The normalized spacial score (nSPS) is 13.7. The van der Waals surface area contributed by atoms with Crippen molar-refractivity contribution in [1.29, 1.82) is 0 Å². The molecule has 0 unspecified atom stereocenters. The number of esters is 1. The third-order valence-electron chi connectivity index (χ3n) is 5.37. The topological polar surface area (TPSA) is 162 Å². The Bertz CT molecular complexity index is 1340. The van der Waals surface area contributed by atoms with Crippen LogP contribution in [0.3, 0.4) is 0 Å². The Labute approximate surface area is 201 Å². The van der Waals surface area contributed by atoms with Crippen molar-refractivity contribution in [2.75, 3.05) is 13.2 Å². The van der Waals surface area contributed by atoms with Crippen LogP contribution in [0, 0.1) is 19.3 Å². The molecule has 4 N–H and O–H groups in total. The van der Waals surface area contributed by atoms with E-state index in [-0.39, 0.29) is 29.8 Å². The van der Waals surface area contributed by atoms with Crippen molar-refractivity contribution in [3.8, 4) is 12.3 Å². The fraction of sp³-hybridized carbons (Fsp3) is 0.250. The number of nitrogens with zero attached hydrogens (tertiary/aromatic N) is 4. The molecule has 3 aromatic rings. The molecular formula is C24H24N6O5. The van der Waals surface area contributed by atoms with Crippen LogP contribution in [0.1, 0.15) is 60.5 Å². The summed E-state index contributed by atoms with van der Waals surface area (Å²) in [5.74, 6) is 0.0530. The summed E-state index contributed by atoms with van der Waals surface area (Å²) in [7, 11) is 0. The van der Waals surface area contributed by atoms with Gasteiger partial charge in [0.1, 0.15) is 18.6 Å². The average molecular weight is 476 g/mol. The molecule has 180 valence electrons. The van der Waals surface area contributed by atoms with Gasteiger partial charge in [-0.05, 0) is 42.5 Å². The van der Waals surface area contributed by atoms with Gasteiger partial charge in [-0.25, -0.2) is 14.6 Å². The van der Waals surface area contributed by atoms with Crippen molar-refractivity contribution in [3.63, 3.8) is 0 Å². The van der Waals surface area contributed by atoms with Gasteiger partial charge in [-0.2, -0.15) is 14.6 Å². The van der Waals surface area contributed by atoms with E-state index in [0.717, 1.165) is 16.7 Å². The van der Waals surface area contributed by atoms with E-state index < -0.39 is 17.8 Å². The summed E-state index contributed by atoms with van der Waals surface area (Å²) < 4.78 is 6.33. The van der Waals surface area contributed by atoms with Crippen molar-refractivity contribution in [2.45, 2.75) is 25.8 Å². The molecular weight excluding hydrogens is 452 g/mol. The molecule has 11 nitrogen and oxygen atoms in total. The number of benzene rings is 1. The van der Waals surface area contributed by atoms with Crippen molar-refractivity contribution in [3.05, 3.63) is 70.8 Å². The Hall–Kier alpha value is -4.56. The number of nitrogens with one attached hydrogen (secondary N) is 1. The summed E-state index contributed by atoms with van der Waals surface area (Å²) in [4.78, 5) is 44.3. The number of hydrogen-bond donors (Lipinski definition) is 3. The van der Waals surface area contributed by atoms with Gasteiger partial charge in [0.15, 0.2) is 5.69 Å². The maximum absolute atomic E-state index is 13.0. The molecule has 0 fully saturated rings. The van der Waals surface area contributed by atoms with E-state index in [9.17, 15) is 19.5 Å². The van der Waals surface area contributed by atoms with Crippen LogP contribution in [-0.4, -0.2) is 55.7 Å². The second kappa shape index (κ2) is 11.0. The van der Waals surface area contributed by atoms with Crippen LogP contribution < -0.4 is 11.1 Å². The zero-order valence-corrected chi connectivity index (χ0v) is 19.0. The minimum atomic E-state index is -1.27. The molecule has 1 amide bonds. The highest BCUT2D eigenvalue weighted by Crippen LogP contribution is 2.35. The maximum atomic E-state index is 13.0. The molecule has 1 aliphatic carbocycles. The SMILES string of the molecule is C#CCN.C=CCOC(=O)c1ccc2c(c1C)CC[C@@H]2NC(=O)c1cc(C(=O)O)nc2ncnn12. The van der Waals surface area contributed by atoms with Crippen LogP contribution in [-0.2, 0) is 11.2 Å². The third-order valence-corrected chi connectivity index (χ3v) is 5.37. The Morgan fingerprint density at radius 1 is 1.43 bits per heavy atom. The number of rotatable bonds is 6. The van der Waals surface area contributed by atoms with E-state index in [4.69, 9.17) is 10.5 Å². The van der Waals surface area contributed by atoms with E-state index in [1.165, 1.54) is 23.0 Å². The van der Waals surface area contributed by atoms with Gasteiger partial charge >= 0.3 is 11.9 Å². The number of carboxylic acid groups (broad SMARTS) is 1. The molecule has 35 heavy (non-hydrogen) atoms. The van der Waals surface area contributed by atoms with Crippen LogP contribution in [0.5, 0.6) is 0 Å². The monoisotopic (exact) mass is 476 g/mol. The number of amides is 1. The molecule has 0 saturated carbocycles. The fourth-order valence-corrected chi connectivity index (χ4v) is 3.78. The van der Waals surface area contributed by atoms with E-state index in [1.807, 2.05) is 13.0 Å². The van der Waals surface area contributed by atoms with Crippen LogP contribution in [0.2, 0.25) is 0 Å². The predicted molar refractivity (Wildman–Crippen MR) is 126 cm³/mol. The van der Waals surface area contributed by atoms with Gasteiger partial charge in [0.05, 0.1) is 18.2 Å². The van der Waals surface area contributed by atoms with Crippen molar-refractivity contribution in [2.24, 2.45) is 5.73 Å². The molecule has 0 spiro atoms. The van der Waals surface area contributed by atoms with E-state index in [0.29, 0.717) is 24.9 Å². The van der Waals surface area contributed by atoms with Gasteiger partial charge < -0.3 is 20.9 Å². The van der Waals surface area contributed by atoms with E-state index >= 15 is 0 Å². The molecule has 0 radical (unpaired) electrons. The highest BCUT2D eigenvalue weighted by atomic mass is 16.5. The quantitative estimate of drug-likeness (QED) is 0.272. The number of aromatic carboxylic acids is 1. The number of carbonyl (C=O) groups excluding carboxylic acids is 2. The average Bonchev–Trinajstić information content (AvgIpc) is 3.49. The fourth-order valence-electron chi connectivity index (χ4n) is 3.78. The summed E-state index contributed by atoms with van der Waals surface area (Å²) in [5, 5.41) is 16.2. The van der Waals surface area contributed by atoms with Gasteiger partial charge in [-0.1, -0.05) is 24.6 Å². The minimum Gasteiger partial charge on any atom is -0.477 e. The summed E-state index contributed by atoms with van der Waals surface area (Å²) in [6, 6.07) is 4.37. The van der Waals surface area contributed by atoms with Gasteiger partial charge in [0, 0.05) is 6.07 Å². The maximum Gasteiger partial charge on any atom is 0.354 e. The first-order valence-corrected chi connectivity index (χ1v) is 10.6. The van der Waals surface area contributed by atoms with Crippen LogP contribution in [0.4, 0.5) is 0 Å². The molecule has 1 aliphatic rings. The summed E-state index contributed by atoms with van der Waals surface area (Å²) >= 11 is 0. The van der Waals surface area contributed by atoms with Gasteiger partial charge in [-0.15, -0.1) is 6.42 Å². The zero-order chi connectivity index (χ0) is 25.5. The van der Waals surface area contributed by atoms with E-state index in [1.54, 1.807) is 6.07 Å². The van der Waals surface area contributed by atoms with Gasteiger partial charge in [0.2, 0.25) is 0 Å². The highest BCUT2D eigenvalue weighted by Gasteiger charge is 2.29. The van der Waals surface area contributed by atoms with Crippen LogP contribution in [0.15, 0.2) is 37.2 Å². The number of ether oxygens (including phenoxy) is 1. The number of carbonyl (C=O) groups is 3. The largest absolute Gasteiger partial charge is 0.477 e. The third kappa shape index (κ3) is 5.34. The van der Waals surface area contributed by atoms with Crippen LogP contribution in [0.25, 0.3) is 5.78 Å². The lowest BCUT2D eigenvalue weighted by Gasteiger charge is -2.16. The summed E-state index contributed by atoms with van der Waals surface area (Å²) in [6.07, 6.45) is 8.69. The first-order valence-electron chi connectivity index (χ1n) is 10.6. The lowest BCUT2D eigenvalue weighted by atomic mass is 9.98. The zero-order valence-electron chi connectivity index (χ0n) is 19.0. The Balaban J connectivity index is 0.000000795. The lowest BCUT2D eigenvalue weighted by molar-refractivity contribution is 0.0548. The first-order chi connectivity index (χ1) is 16.8. The van der Waals surface area contributed by atoms with Crippen molar-refractivity contribution >= 4 is 23.6 Å². The minimum absolute atomic E-state index is 0.0229. The molecule has 1 atom stereocenters. The standard InChI is InChI=1S/C21H19N5O5.C3H5N/c1-3-8-31-20(30)13-4-5-14-12(11(13)2)6-7-15(14)24-18(27)17-9-16(19(28)29)25-21-22-10-23-26(17)21;1-2-3-4/h3-5,9-10,15H,1,6-8H2,2H3,(H,24,27)(H,28,29);1H,3-4H2/t15-;/m0./s1. The second-order valence-electron chi connectivity index (χ2n) is 7.47.